The average molecular weight is 237 g/mol. The zero-order valence-electron chi connectivity index (χ0n) is 11.1. The molecule has 2 rings (SSSR count). The van der Waals surface area contributed by atoms with Gasteiger partial charge < -0.3 is 14.8 Å². The summed E-state index contributed by atoms with van der Waals surface area (Å²) in [5, 5.41) is 3.28. The van der Waals surface area contributed by atoms with E-state index in [2.05, 4.69) is 33.3 Å². The lowest BCUT2D eigenvalue weighted by molar-refractivity contribution is 0.109. The fourth-order valence-corrected chi connectivity index (χ4v) is 2.35. The molecule has 1 saturated heterocycles. The summed E-state index contributed by atoms with van der Waals surface area (Å²) in [5.41, 5.74) is 1.17. The Bertz CT molecular complexity index is 340. The lowest BCUT2D eigenvalue weighted by Crippen LogP contribution is -2.47. The monoisotopic (exact) mass is 237 g/mol. The molecule has 0 radical (unpaired) electrons. The summed E-state index contributed by atoms with van der Waals surface area (Å²) in [6.07, 6.45) is 4.01. The van der Waals surface area contributed by atoms with Crippen LogP contribution in [-0.2, 0) is 7.05 Å². The number of piperazine rings is 1. The molecule has 17 heavy (non-hydrogen) atoms. The molecule has 5 heteroatoms. The van der Waals surface area contributed by atoms with E-state index in [0.29, 0.717) is 6.04 Å². The van der Waals surface area contributed by atoms with E-state index in [9.17, 15) is 0 Å². The molecule has 1 fully saturated rings. The van der Waals surface area contributed by atoms with E-state index in [-0.39, 0.29) is 0 Å². The van der Waals surface area contributed by atoms with Crippen LogP contribution >= 0.6 is 0 Å². The Morgan fingerprint density at radius 3 is 2.53 bits per heavy atom. The summed E-state index contributed by atoms with van der Waals surface area (Å²) in [6, 6.07) is 0.398. The van der Waals surface area contributed by atoms with Gasteiger partial charge in [0.1, 0.15) is 0 Å². The van der Waals surface area contributed by atoms with Gasteiger partial charge in [0.15, 0.2) is 0 Å². The first-order chi connectivity index (χ1) is 8.20. The quantitative estimate of drug-likeness (QED) is 0.795. The molecule has 1 aromatic heterocycles. The van der Waals surface area contributed by atoms with Crippen LogP contribution in [0.1, 0.15) is 11.7 Å². The first-order valence-corrected chi connectivity index (χ1v) is 6.25. The number of hydrogen-bond acceptors (Lipinski definition) is 4. The maximum atomic E-state index is 4.50. The number of likely N-dealkylation sites (N-methyl/N-ethyl adjacent to an activating group) is 2. The molecule has 1 aromatic rings. The number of aryl methyl sites for hydroxylation is 1. The van der Waals surface area contributed by atoms with Crippen LogP contribution in [0.2, 0.25) is 0 Å². The van der Waals surface area contributed by atoms with Gasteiger partial charge in [0.25, 0.3) is 0 Å². The maximum Gasteiger partial charge on any atom is 0.0947 e. The largest absolute Gasteiger partial charge is 0.340 e. The van der Waals surface area contributed by atoms with Crippen LogP contribution in [0.25, 0.3) is 0 Å². The molecule has 2 heterocycles. The van der Waals surface area contributed by atoms with E-state index in [1.807, 2.05) is 25.0 Å². The minimum atomic E-state index is 0.398. The Morgan fingerprint density at radius 2 is 2.00 bits per heavy atom. The molecule has 0 bridgehead atoms. The molecule has 0 amide bonds. The number of aromatic nitrogens is 2. The lowest BCUT2D eigenvalue weighted by Gasteiger charge is -2.37. The minimum absolute atomic E-state index is 0.398. The summed E-state index contributed by atoms with van der Waals surface area (Å²) < 4.78 is 2.02. The van der Waals surface area contributed by atoms with Crippen LogP contribution in [0.4, 0.5) is 0 Å². The third kappa shape index (κ3) is 3.06. The molecular formula is C12H23N5. The van der Waals surface area contributed by atoms with Crippen molar-refractivity contribution in [3.05, 3.63) is 18.2 Å². The van der Waals surface area contributed by atoms with E-state index < -0.39 is 0 Å². The van der Waals surface area contributed by atoms with Gasteiger partial charge in [0.2, 0.25) is 0 Å². The van der Waals surface area contributed by atoms with Gasteiger partial charge in [-0.1, -0.05) is 0 Å². The third-order valence-corrected chi connectivity index (χ3v) is 3.44. The van der Waals surface area contributed by atoms with E-state index >= 15 is 0 Å². The molecule has 0 saturated carbocycles. The Labute approximate surface area is 103 Å². The summed E-state index contributed by atoms with van der Waals surface area (Å²) in [6.45, 7) is 5.50. The van der Waals surface area contributed by atoms with Crippen molar-refractivity contribution >= 4 is 0 Å². The molecular weight excluding hydrogens is 214 g/mol. The van der Waals surface area contributed by atoms with Crippen LogP contribution in [0.5, 0.6) is 0 Å². The van der Waals surface area contributed by atoms with Crippen LogP contribution in [-0.4, -0.2) is 66.2 Å². The molecule has 1 aliphatic heterocycles. The Hall–Kier alpha value is -0.910. The normalized spacial score (nSPS) is 20.6. The van der Waals surface area contributed by atoms with Gasteiger partial charge in [-0.05, 0) is 14.1 Å². The minimum Gasteiger partial charge on any atom is -0.340 e. The second kappa shape index (κ2) is 5.62. The van der Waals surface area contributed by atoms with Crippen molar-refractivity contribution in [3.8, 4) is 0 Å². The van der Waals surface area contributed by atoms with Crippen LogP contribution in [0, 0.1) is 0 Å². The fourth-order valence-electron chi connectivity index (χ4n) is 2.35. The highest BCUT2D eigenvalue weighted by Gasteiger charge is 2.24. The van der Waals surface area contributed by atoms with Gasteiger partial charge in [0.05, 0.1) is 18.1 Å². The SMILES string of the molecule is CNCC(c1cn(C)cn1)N1CCN(C)CC1. The second-order valence-electron chi connectivity index (χ2n) is 4.88. The predicted molar refractivity (Wildman–Crippen MR) is 68.9 cm³/mol. The summed E-state index contributed by atoms with van der Waals surface area (Å²) in [4.78, 5) is 9.40. The molecule has 96 valence electrons. The Morgan fingerprint density at radius 1 is 1.29 bits per heavy atom. The summed E-state index contributed by atoms with van der Waals surface area (Å²) >= 11 is 0. The van der Waals surface area contributed by atoms with Gasteiger partial charge in [-0.15, -0.1) is 0 Å². The van der Waals surface area contributed by atoms with Gasteiger partial charge in [-0.2, -0.15) is 0 Å². The Kier molecular flexibility index (Phi) is 4.15. The molecule has 5 nitrogen and oxygen atoms in total. The van der Waals surface area contributed by atoms with Gasteiger partial charge >= 0.3 is 0 Å². The van der Waals surface area contributed by atoms with Gasteiger partial charge in [0, 0.05) is 46.0 Å². The first kappa shape index (κ1) is 12.5. The lowest BCUT2D eigenvalue weighted by atomic mass is 10.1. The van der Waals surface area contributed by atoms with Crippen molar-refractivity contribution in [2.24, 2.45) is 7.05 Å². The van der Waals surface area contributed by atoms with E-state index in [4.69, 9.17) is 0 Å². The first-order valence-electron chi connectivity index (χ1n) is 6.25. The van der Waals surface area contributed by atoms with Gasteiger partial charge in [-0.3, -0.25) is 4.90 Å². The van der Waals surface area contributed by atoms with Crippen molar-refractivity contribution in [3.63, 3.8) is 0 Å². The second-order valence-corrected chi connectivity index (χ2v) is 4.88. The third-order valence-electron chi connectivity index (χ3n) is 3.44. The smallest absolute Gasteiger partial charge is 0.0947 e. The van der Waals surface area contributed by atoms with Crippen molar-refractivity contribution in [2.45, 2.75) is 6.04 Å². The van der Waals surface area contributed by atoms with Crippen molar-refractivity contribution in [1.82, 2.24) is 24.7 Å². The van der Waals surface area contributed by atoms with Crippen LogP contribution < -0.4 is 5.32 Å². The van der Waals surface area contributed by atoms with Gasteiger partial charge in [-0.25, -0.2) is 4.98 Å². The van der Waals surface area contributed by atoms with E-state index in [1.54, 1.807) is 0 Å². The molecule has 0 aromatic carbocycles. The fraction of sp³-hybridized carbons (Fsp3) is 0.750. The number of nitrogens with one attached hydrogen (secondary N) is 1. The molecule has 0 spiro atoms. The van der Waals surface area contributed by atoms with Crippen LogP contribution in [0.3, 0.4) is 0 Å². The molecule has 1 unspecified atom stereocenters. The summed E-state index contributed by atoms with van der Waals surface area (Å²) in [5.74, 6) is 0. The van der Waals surface area contributed by atoms with Crippen molar-refractivity contribution in [2.75, 3.05) is 46.8 Å². The number of hydrogen-bond donors (Lipinski definition) is 1. The molecule has 1 atom stereocenters. The molecule has 1 aliphatic rings. The van der Waals surface area contributed by atoms with Crippen molar-refractivity contribution in [1.29, 1.82) is 0 Å². The summed E-state index contributed by atoms with van der Waals surface area (Å²) in [7, 11) is 6.22. The highest BCUT2D eigenvalue weighted by molar-refractivity contribution is 5.05. The maximum absolute atomic E-state index is 4.50. The number of nitrogens with zero attached hydrogens (tertiary/aromatic N) is 4. The Balaban J connectivity index is 2.06. The highest BCUT2D eigenvalue weighted by Crippen LogP contribution is 2.19. The highest BCUT2D eigenvalue weighted by atomic mass is 15.3. The van der Waals surface area contributed by atoms with Crippen LogP contribution in [0.15, 0.2) is 12.5 Å². The number of rotatable bonds is 4. The number of imidazole rings is 1. The molecule has 0 aliphatic carbocycles. The molecule has 1 N–H and O–H groups in total. The van der Waals surface area contributed by atoms with E-state index in [1.165, 1.54) is 5.69 Å². The van der Waals surface area contributed by atoms with Crippen molar-refractivity contribution < 1.29 is 0 Å². The standard InChI is InChI=1S/C12H23N5/c1-13-8-12(11-9-16(3)10-14-11)17-6-4-15(2)5-7-17/h9-10,12-13H,4-8H2,1-3H3. The zero-order chi connectivity index (χ0) is 12.3. The topological polar surface area (TPSA) is 36.3 Å². The average Bonchev–Trinajstić information content (AvgIpc) is 2.74. The zero-order valence-corrected chi connectivity index (χ0v) is 11.1. The predicted octanol–water partition coefficient (Wildman–Crippen LogP) is -0.0720. The van der Waals surface area contributed by atoms with E-state index in [0.717, 1.165) is 32.7 Å².